The van der Waals surface area contributed by atoms with Gasteiger partial charge in [-0.05, 0) is 172 Å². The number of thiophene rings is 4. The molecule has 2 fully saturated rings. The lowest BCUT2D eigenvalue weighted by Gasteiger charge is -2.32. The van der Waals surface area contributed by atoms with E-state index in [0.29, 0.717) is 11.8 Å². The molecule has 460 valence electrons. The number of unbranched alkanes of at least 4 members (excludes halogenated alkanes) is 10. The van der Waals surface area contributed by atoms with E-state index in [1.807, 2.05) is 45.3 Å². The van der Waals surface area contributed by atoms with E-state index in [-0.39, 0.29) is 42.1 Å². The molecule has 3 aliphatic rings. The third-order valence-corrected chi connectivity index (χ3v) is 24.8. The molecule has 6 aromatic rings. The third kappa shape index (κ3) is 16.6. The minimum atomic E-state index is -1.12. The van der Waals surface area contributed by atoms with Crippen LogP contribution in [0.2, 0.25) is 0 Å². The van der Waals surface area contributed by atoms with Crippen LogP contribution in [0.5, 0.6) is 0 Å². The maximum Gasteiger partial charge on any atom is 0.505 e. The lowest BCUT2D eigenvalue weighted by atomic mass is 9.70. The molecule has 6 nitrogen and oxygen atoms in total. The quantitative estimate of drug-likeness (QED) is 0.0277. The fraction of sp³-hybridized carbons (Fsp3) is 0.706. The van der Waals surface area contributed by atoms with E-state index in [4.69, 9.17) is 31.1 Å². The molecule has 9 rings (SSSR count). The zero-order chi connectivity index (χ0) is 62.2. The van der Waals surface area contributed by atoms with E-state index < -0.39 is 9.13 Å². The fourth-order valence-electron chi connectivity index (χ4n) is 12.5. The standard InChI is InChI=1S/C37H60B2O4S2.C30H40Br2N2S2.CH5P/c1-11-13-15-17-19-21-23-37(24-22-20-18-16-14-12-2)27-25-29(38-40-33(3,4)34(5,6)41-38)44-31(27)32-28(37)26-30(45-32)39-42-35(7,8)36(9,10)43-39;1-17(2)9-7-11-19(5)13-23-24(14-20(6)12-8-10-18(3)4)34-28-22-16-26(32)36-30(22)29-21(27(28)33-23)15-25(31)35-29;1-2/h25-26H,11-24H2,1-10H3;15-20H,7-14H2,1-6H3;2H2,1H3/t;19-,20-;/m.0./s1/i;;2TD. The van der Waals surface area contributed by atoms with Crippen LogP contribution < -0.4 is 9.55 Å². The minimum absolute atomic E-state index is 0.0248. The third-order valence-electron chi connectivity index (χ3n) is 18.8. The van der Waals surface area contributed by atoms with E-state index in [1.54, 1.807) is 6.66 Å². The van der Waals surface area contributed by atoms with Gasteiger partial charge in [0.1, 0.15) is 0 Å². The van der Waals surface area contributed by atoms with Crippen LogP contribution in [0, 0.1) is 23.7 Å². The van der Waals surface area contributed by atoms with Crippen molar-refractivity contribution in [2.75, 3.05) is 6.66 Å². The Morgan fingerprint density at radius 2 is 0.867 bits per heavy atom. The lowest BCUT2D eigenvalue weighted by molar-refractivity contribution is 0.00578. The van der Waals surface area contributed by atoms with Crippen molar-refractivity contribution in [1.82, 2.24) is 9.97 Å². The van der Waals surface area contributed by atoms with Crippen molar-refractivity contribution in [2.45, 2.75) is 280 Å². The second-order valence-corrected chi connectivity index (χ2v) is 34.8. The molecule has 0 spiro atoms. The number of benzene rings is 1. The molecule has 3 atom stereocenters. The molecule has 7 heterocycles. The largest absolute Gasteiger partial charge is 0.505 e. The number of hydrogen-bond acceptors (Lipinski definition) is 10. The van der Waals surface area contributed by atoms with Crippen LogP contribution in [-0.4, -0.2) is 55.8 Å². The molecule has 1 unspecified atom stereocenters. The maximum atomic E-state index is 6.60. The number of halogens is 2. The molecule has 0 bridgehead atoms. The molecule has 1 aliphatic carbocycles. The molecule has 5 aromatic heterocycles. The van der Waals surface area contributed by atoms with Crippen molar-refractivity contribution in [1.29, 1.82) is 2.56 Å². The van der Waals surface area contributed by atoms with Crippen molar-refractivity contribution in [3.63, 3.8) is 0 Å². The first kappa shape index (κ1) is 66.7. The van der Waals surface area contributed by atoms with Gasteiger partial charge in [-0.25, -0.2) is 9.97 Å². The topological polar surface area (TPSA) is 62.7 Å². The van der Waals surface area contributed by atoms with E-state index in [1.165, 1.54) is 190 Å². The van der Waals surface area contributed by atoms with Crippen LogP contribution in [0.1, 0.15) is 262 Å². The summed E-state index contributed by atoms with van der Waals surface area (Å²) in [5.41, 5.74) is 6.29. The van der Waals surface area contributed by atoms with E-state index in [9.17, 15) is 0 Å². The Kier molecular flexibility index (Phi) is 24.4. The highest BCUT2D eigenvalue weighted by molar-refractivity contribution is 9.11. The summed E-state index contributed by atoms with van der Waals surface area (Å²) >= 11 is 14.9. The molecule has 2 aliphatic heterocycles. The Balaban J connectivity index is 0.000000234. The van der Waals surface area contributed by atoms with Gasteiger partial charge in [0.05, 0.1) is 64.4 Å². The number of nitrogens with zero attached hydrogens (tertiary/aromatic N) is 2. The summed E-state index contributed by atoms with van der Waals surface area (Å²) in [4.78, 5) is 13.7. The predicted octanol–water partition coefficient (Wildman–Crippen LogP) is 22.3. The number of aromatic nitrogens is 2. The monoisotopic (exact) mass is 1360 g/mol. The van der Waals surface area contributed by atoms with Crippen molar-refractivity contribution in [3.05, 3.63) is 54.4 Å². The highest BCUT2D eigenvalue weighted by Gasteiger charge is 2.56. The summed E-state index contributed by atoms with van der Waals surface area (Å²) in [6, 6.07) is 9.46. The molecular formula is C68H105B2Br2N2O4PS4. The second-order valence-electron chi connectivity index (χ2n) is 27.7. The van der Waals surface area contributed by atoms with Crippen LogP contribution in [0.4, 0.5) is 0 Å². The van der Waals surface area contributed by atoms with Gasteiger partial charge in [-0.15, -0.1) is 54.5 Å². The molecule has 15 heteroatoms. The zero-order valence-corrected chi connectivity index (χ0v) is 61.5. The first-order chi connectivity index (χ1) is 40.0. The van der Waals surface area contributed by atoms with Crippen LogP contribution in [0.15, 0.2) is 31.8 Å². The van der Waals surface area contributed by atoms with Gasteiger partial charge in [0.25, 0.3) is 0 Å². The van der Waals surface area contributed by atoms with E-state index >= 15 is 0 Å². The SMILES string of the molecule is CC(C)CCC[C@H](C)Cc1nc2c3cc(Br)sc3c3sc(Br)cc3c2nc1C[C@@H](C)CCCC(C)C.CCCCCCCCC1(CCCCCCCC)c2cc(B3OC(C)(C)C(C)(C)O3)sc2-c2sc(B3OC(C)(C)C(C)(C)O3)cc21.[2H]P([3H])C. The Morgan fingerprint density at radius 3 is 1.20 bits per heavy atom. The Labute approximate surface area is 542 Å². The molecular weight excluding hydrogens is 1250 g/mol. The summed E-state index contributed by atoms with van der Waals surface area (Å²) in [5, 5.41) is 2.47. The van der Waals surface area contributed by atoms with Gasteiger partial charge in [-0.3, -0.25) is 0 Å². The summed E-state index contributed by atoms with van der Waals surface area (Å²) in [5.74, 6) is 2.79. The molecule has 1 aromatic carbocycles. The van der Waals surface area contributed by atoms with Crippen LogP contribution >= 0.6 is 86.3 Å². The number of hydrogen-bond donors (Lipinski definition) is 0. The first-order valence-corrected chi connectivity index (χ1v) is 38.0. The minimum Gasteiger partial charge on any atom is -0.399 e. The Hall–Kier alpha value is -0.760. The van der Waals surface area contributed by atoms with Crippen molar-refractivity contribution < 1.29 is 18.6 Å². The molecule has 83 heavy (non-hydrogen) atoms. The van der Waals surface area contributed by atoms with Gasteiger partial charge in [0.15, 0.2) is 0 Å². The van der Waals surface area contributed by atoms with Crippen molar-refractivity contribution in [3.8, 4) is 9.75 Å². The summed E-state index contributed by atoms with van der Waals surface area (Å²) in [6.45, 7) is 37.5. The summed E-state index contributed by atoms with van der Waals surface area (Å²) < 4.78 is 46.4. The number of rotatable bonds is 28. The second kappa shape index (κ2) is 30.4. The van der Waals surface area contributed by atoms with E-state index in [2.05, 4.69) is 167 Å². The van der Waals surface area contributed by atoms with Crippen molar-refractivity contribution >= 4 is 141 Å². The van der Waals surface area contributed by atoms with Gasteiger partial charge in [0.2, 0.25) is 0 Å². The van der Waals surface area contributed by atoms with Gasteiger partial charge < -0.3 is 18.6 Å². The Bertz CT molecular complexity index is 2870. The van der Waals surface area contributed by atoms with E-state index in [0.717, 1.165) is 43.3 Å². The average Bonchev–Trinajstić information content (AvgIpc) is 1.60. The predicted molar refractivity (Wildman–Crippen MR) is 380 cm³/mol. The smallest absolute Gasteiger partial charge is 0.399 e. The zero-order valence-electron chi connectivity index (χ0n) is 56.2. The summed E-state index contributed by atoms with van der Waals surface area (Å²) in [6.07, 6.45) is 28.0. The lowest BCUT2D eigenvalue weighted by Crippen LogP contribution is -2.41. The Morgan fingerprint density at radius 1 is 0.530 bits per heavy atom. The molecule has 0 amide bonds. The van der Waals surface area contributed by atoms with Gasteiger partial charge in [-0.2, -0.15) is 0 Å². The molecule has 0 N–H and O–H groups in total. The molecule has 2 saturated heterocycles. The van der Waals surface area contributed by atoms with Gasteiger partial charge in [-0.1, -0.05) is 178 Å². The van der Waals surface area contributed by atoms with Crippen LogP contribution in [-0.2, 0) is 36.9 Å². The molecule has 0 saturated carbocycles. The number of fused-ring (bicyclic) bond motifs is 9. The van der Waals surface area contributed by atoms with Gasteiger partial charge in [0, 0.05) is 35.5 Å². The highest BCUT2D eigenvalue weighted by Crippen LogP contribution is 2.58. The fourth-order valence-corrected chi connectivity index (χ4v) is 18.4. The van der Waals surface area contributed by atoms with Gasteiger partial charge >= 0.3 is 14.2 Å². The summed E-state index contributed by atoms with van der Waals surface area (Å²) in [7, 11) is -1.76. The molecule has 0 radical (unpaired) electrons. The van der Waals surface area contributed by atoms with Crippen molar-refractivity contribution in [2.24, 2.45) is 23.7 Å². The first-order valence-electron chi connectivity index (χ1n) is 33.1. The van der Waals surface area contributed by atoms with Crippen LogP contribution in [0.3, 0.4) is 0 Å². The highest BCUT2D eigenvalue weighted by atomic mass is 79.9. The maximum absolute atomic E-state index is 6.60. The normalized spacial score (nSPS) is 18.8. The van der Waals surface area contributed by atoms with Crippen LogP contribution in [0.25, 0.3) is 41.0 Å². The average molecular weight is 1360 g/mol.